The lowest BCUT2D eigenvalue weighted by Gasteiger charge is -2.40. The number of methoxy groups -OCH3 is 1. The second-order valence-corrected chi connectivity index (χ2v) is 10.4. The summed E-state index contributed by atoms with van der Waals surface area (Å²) in [5.41, 5.74) is -1.87. The van der Waals surface area contributed by atoms with Crippen molar-refractivity contribution >= 4 is 45.2 Å². The first-order valence-corrected chi connectivity index (χ1v) is 11.8. The van der Waals surface area contributed by atoms with Crippen molar-refractivity contribution in [2.45, 2.75) is 29.6 Å². The first-order chi connectivity index (χ1) is 15.1. The van der Waals surface area contributed by atoms with Gasteiger partial charge in [-0.05, 0) is 25.0 Å². The number of ether oxygens (including phenoxy) is 1. The summed E-state index contributed by atoms with van der Waals surface area (Å²) in [7, 11) is -8.95. The maximum absolute atomic E-state index is 13.3. The minimum atomic E-state index is -10.1. The van der Waals surface area contributed by atoms with Gasteiger partial charge in [-0.3, -0.25) is 4.79 Å². The Morgan fingerprint density at radius 2 is 1.82 bits per heavy atom. The Balaban J connectivity index is 2.30. The Morgan fingerprint density at radius 3 is 2.24 bits per heavy atom. The van der Waals surface area contributed by atoms with Gasteiger partial charge in [0.1, 0.15) is 22.5 Å². The quantitative estimate of drug-likeness (QED) is 0.258. The molecule has 178 valence electrons. The van der Waals surface area contributed by atoms with Crippen molar-refractivity contribution in [1.29, 1.82) is 10.5 Å². The van der Waals surface area contributed by atoms with E-state index in [1.54, 1.807) is 6.07 Å². The number of benzene rings is 1. The third-order valence-electron chi connectivity index (χ3n) is 4.97. The van der Waals surface area contributed by atoms with Gasteiger partial charge in [-0.2, -0.15) is 15.6 Å². The van der Waals surface area contributed by atoms with Crippen molar-refractivity contribution in [3.05, 3.63) is 33.4 Å². The number of hydrogen-bond acceptors (Lipinski definition) is 6. The maximum Gasteiger partial charge on any atom is 0.316 e. The molecule has 1 aliphatic rings. The molecule has 1 N–H and O–H groups in total. The average molecular weight is 530 g/mol. The Hall–Kier alpha value is -2.74. The zero-order valence-electron chi connectivity index (χ0n) is 16.6. The predicted octanol–water partition coefficient (Wildman–Crippen LogP) is 6.24. The van der Waals surface area contributed by atoms with Gasteiger partial charge in [0.05, 0.1) is 40.6 Å². The number of aromatic nitrogens is 2. The fraction of sp³-hybridized carbons (Fsp3) is 0.333. The molecule has 0 aliphatic heterocycles. The lowest BCUT2D eigenvalue weighted by Crippen LogP contribution is -2.24. The molecule has 33 heavy (non-hydrogen) atoms. The summed E-state index contributed by atoms with van der Waals surface area (Å²) in [4.78, 5) is 10.1. The summed E-state index contributed by atoms with van der Waals surface area (Å²) < 4.78 is 72.0. The minimum absolute atomic E-state index is 0.00387. The largest absolute Gasteiger partial charge is 0.468 e. The summed E-state index contributed by atoms with van der Waals surface area (Å²) in [6, 6.07) is 3.71. The van der Waals surface area contributed by atoms with Gasteiger partial charge in [-0.15, -0.1) is 0 Å². The van der Waals surface area contributed by atoms with E-state index < -0.39 is 42.2 Å². The van der Waals surface area contributed by atoms with E-state index in [9.17, 15) is 29.5 Å². The Kier molecular flexibility index (Phi) is 5.57. The summed E-state index contributed by atoms with van der Waals surface area (Å²) >= 11 is 11.9. The Bertz CT molecular complexity index is 1220. The molecular weight excluding hydrogens is 516 g/mol. The molecule has 2 aromatic rings. The van der Waals surface area contributed by atoms with E-state index >= 15 is 0 Å². The van der Waals surface area contributed by atoms with Crippen LogP contribution in [0.15, 0.2) is 17.0 Å². The molecule has 1 aromatic carbocycles. The molecule has 1 heterocycles. The zero-order chi connectivity index (χ0) is 24.9. The van der Waals surface area contributed by atoms with Crippen LogP contribution >= 0.6 is 33.4 Å². The van der Waals surface area contributed by atoms with Crippen LogP contribution in [0.1, 0.15) is 30.5 Å². The van der Waals surface area contributed by atoms with Crippen molar-refractivity contribution < 1.29 is 29.0 Å². The second-order valence-electron chi connectivity index (χ2n) is 7.21. The highest BCUT2D eigenvalue weighted by Gasteiger charge is 2.65. The van der Waals surface area contributed by atoms with E-state index in [0.29, 0.717) is 0 Å². The lowest BCUT2D eigenvalue weighted by atomic mass is 9.95. The highest BCUT2D eigenvalue weighted by Crippen LogP contribution is 3.02. The van der Waals surface area contributed by atoms with E-state index in [-0.39, 0.29) is 55.0 Å². The standard InChI is InChI=1S/C18H14Cl2F5N5O2S/c1-32-17(31)18(3-4-18)14-13(9-27)29-30(16(14)28-6-2-5-26)15-11(19)7-10(8-12(15)20)33(21,22,23,24)25/h7-8,28H,2-4,6H2,1H3. The SMILES string of the molecule is COC(=O)C1(c2c(C#N)nn(-c3c(Cl)cc(S(F)(F)(F)(F)F)cc3Cl)c2NCCC#N)CC1. The molecule has 15 heteroatoms. The van der Waals surface area contributed by atoms with Crippen molar-refractivity contribution in [3.8, 4) is 17.8 Å². The second kappa shape index (κ2) is 7.38. The van der Waals surface area contributed by atoms with Crippen molar-refractivity contribution in [1.82, 2.24) is 9.78 Å². The Morgan fingerprint density at radius 1 is 1.24 bits per heavy atom. The summed E-state index contributed by atoms with van der Waals surface area (Å²) in [5.74, 6) is -0.719. The van der Waals surface area contributed by atoms with Crippen LogP contribution in [0.3, 0.4) is 0 Å². The van der Waals surface area contributed by atoms with Gasteiger partial charge in [0.15, 0.2) is 5.69 Å². The van der Waals surface area contributed by atoms with E-state index in [0.717, 1.165) is 11.8 Å². The molecule has 1 fully saturated rings. The number of esters is 1. The Labute approximate surface area is 194 Å². The van der Waals surface area contributed by atoms with Crippen molar-refractivity contribution in [3.63, 3.8) is 0 Å². The molecule has 0 bridgehead atoms. The van der Waals surface area contributed by atoms with Gasteiger partial charge in [0, 0.05) is 6.54 Å². The molecule has 3 rings (SSSR count). The van der Waals surface area contributed by atoms with E-state index in [1.807, 2.05) is 6.07 Å². The number of carbonyl (C=O) groups is 1. The molecule has 1 aliphatic carbocycles. The van der Waals surface area contributed by atoms with Crippen LogP contribution in [0.25, 0.3) is 5.69 Å². The lowest BCUT2D eigenvalue weighted by molar-refractivity contribution is -0.143. The smallest absolute Gasteiger partial charge is 0.316 e. The first-order valence-electron chi connectivity index (χ1n) is 9.06. The monoisotopic (exact) mass is 529 g/mol. The van der Waals surface area contributed by atoms with Gasteiger partial charge in [0.25, 0.3) is 0 Å². The number of nitrogens with one attached hydrogen (secondary N) is 1. The van der Waals surface area contributed by atoms with Gasteiger partial charge >= 0.3 is 16.2 Å². The van der Waals surface area contributed by atoms with Crippen LogP contribution in [0.4, 0.5) is 25.2 Å². The normalized spacial score (nSPS) is 16.7. The topological polar surface area (TPSA) is 104 Å². The summed E-state index contributed by atoms with van der Waals surface area (Å²) in [6.45, 7) is -0.00387. The molecule has 1 aromatic heterocycles. The van der Waals surface area contributed by atoms with Crippen LogP contribution in [0, 0.1) is 22.7 Å². The summed E-state index contributed by atoms with van der Waals surface area (Å²) in [5, 5.41) is 23.6. The molecule has 1 saturated carbocycles. The highest BCUT2D eigenvalue weighted by atomic mass is 35.5. The first kappa shape index (κ1) is 24.9. The van der Waals surface area contributed by atoms with E-state index in [2.05, 4.69) is 10.4 Å². The van der Waals surface area contributed by atoms with Crippen LogP contribution in [0.2, 0.25) is 10.0 Å². The van der Waals surface area contributed by atoms with Crippen LogP contribution < -0.4 is 5.32 Å². The number of anilines is 1. The van der Waals surface area contributed by atoms with Crippen LogP contribution in [-0.2, 0) is 14.9 Å². The molecule has 0 amide bonds. The molecule has 7 nitrogen and oxygen atoms in total. The van der Waals surface area contributed by atoms with Gasteiger partial charge in [-0.1, -0.05) is 42.6 Å². The number of halogens is 7. The number of rotatable bonds is 7. The third kappa shape index (κ3) is 4.53. The number of hydrogen-bond donors (Lipinski definition) is 1. The predicted molar refractivity (Wildman–Crippen MR) is 111 cm³/mol. The molecule has 0 spiro atoms. The van der Waals surface area contributed by atoms with Crippen molar-refractivity contribution in [2.24, 2.45) is 0 Å². The molecule has 0 radical (unpaired) electrons. The highest BCUT2D eigenvalue weighted by molar-refractivity contribution is 8.45. The maximum atomic E-state index is 13.3. The number of nitriles is 2. The number of carbonyl (C=O) groups excluding carboxylic acids is 1. The van der Waals surface area contributed by atoms with E-state index in [4.69, 9.17) is 33.2 Å². The van der Waals surface area contributed by atoms with Gasteiger partial charge in [-0.25, -0.2) is 4.68 Å². The van der Waals surface area contributed by atoms with E-state index in [1.165, 1.54) is 0 Å². The molecule has 0 atom stereocenters. The van der Waals surface area contributed by atoms with Crippen molar-refractivity contribution in [2.75, 3.05) is 19.0 Å². The molecule has 0 unspecified atom stereocenters. The minimum Gasteiger partial charge on any atom is -0.468 e. The van der Waals surface area contributed by atoms with Gasteiger partial charge < -0.3 is 10.1 Å². The average Bonchev–Trinajstić information content (AvgIpc) is 3.42. The van der Waals surface area contributed by atoms with Gasteiger partial charge in [0.2, 0.25) is 0 Å². The summed E-state index contributed by atoms with van der Waals surface area (Å²) in [6.07, 6.45) is 0.553. The van der Waals surface area contributed by atoms with Crippen LogP contribution in [-0.4, -0.2) is 29.4 Å². The zero-order valence-corrected chi connectivity index (χ0v) is 19.0. The van der Waals surface area contributed by atoms with Crippen LogP contribution in [0.5, 0.6) is 0 Å². The third-order valence-corrected chi connectivity index (χ3v) is 6.68. The fourth-order valence-electron chi connectivity index (χ4n) is 3.36. The molecule has 0 saturated heterocycles. The number of nitrogens with zero attached hydrogens (tertiary/aromatic N) is 4. The molecular formula is C18H14Cl2F5N5O2S. The fourth-order valence-corrected chi connectivity index (χ4v) is 4.81.